The fourth-order valence-corrected chi connectivity index (χ4v) is 0.894. The molecule has 0 aromatic heterocycles. The van der Waals surface area contributed by atoms with Crippen molar-refractivity contribution in [2.75, 3.05) is 5.32 Å². The Kier molecular flexibility index (Phi) is 2.66. The molecule has 0 aliphatic rings. The van der Waals surface area contributed by atoms with Gasteiger partial charge in [0.05, 0.1) is 0 Å². The van der Waals surface area contributed by atoms with E-state index in [-0.39, 0.29) is 0 Å². The van der Waals surface area contributed by atoms with E-state index in [0.29, 0.717) is 12.2 Å². The van der Waals surface area contributed by atoms with Gasteiger partial charge in [-0.15, -0.1) is 0 Å². The van der Waals surface area contributed by atoms with Crippen molar-refractivity contribution < 1.29 is 9.90 Å². The molecule has 3 N–H and O–H groups in total. The predicted octanol–water partition coefficient (Wildman–Crippen LogP) is 1.11. The number of rotatable bonds is 2. The molecule has 0 fully saturated rings. The zero-order valence-electron chi connectivity index (χ0n) is 6.41. The molecule has 0 unspecified atom stereocenters. The third kappa shape index (κ3) is 2.25. The molecule has 4 heteroatoms. The summed E-state index contributed by atoms with van der Waals surface area (Å²) in [6.45, 7) is 0.391. The number of anilines is 1. The molecule has 0 saturated carbocycles. The van der Waals surface area contributed by atoms with Crippen LogP contribution in [0.5, 0.6) is 0 Å². The first-order valence-corrected chi connectivity index (χ1v) is 3.49. The van der Waals surface area contributed by atoms with Gasteiger partial charge in [0.15, 0.2) is 0 Å². The molecule has 1 aromatic rings. The summed E-state index contributed by atoms with van der Waals surface area (Å²) in [5.41, 5.74) is 6.72. The van der Waals surface area contributed by atoms with Crippen molar-refractivity contribution in [2.45, 2.75) is 6.54 Å². The van der Waals surface area contributed by atoms with Gasteiger partial charge in [-0.1, -0.05) is 12.1 Å². The molecule has 0 aliphatic carbocycles. The molecule has 1 radical (unpaired) electrons. The minimum atomic E-state index is -1.32. The number of benzene rings is 1. The average molecular weight is 165 g/mol. The summed E-state index contributed by atoms with van der Waals surface area (Å²) in [4.78, 5) is 10.1. The summed E-state index contributed by atoms with van der Waals surface area (Å²) in [6.07, 6.45) is -1.32. The molecule has 0 bridgehead atoms. The number of hydrogen-bond acceptors (Lipinski definition) is 2. The number of carbonyl (C=O) groups excluding carboxylic acids is 1. The zero-order chi connectivity index (χ0) is 8.97. The van der Waals surface area contributed by atoms with Crippen molar-refractivity contribution >= 4 is 11.8 Å². The maximum Gasteiger partial charge on any atom is 0.454 e. The minimum absolute atomic E-state index is 0.391. The van der Waals surface area contributed by atoms with Crippen LogP contribution in [0, 0.1) is 0 Å². The maximum absolute atomic E-state index is 10.1. The molecule has 1 rings (SSSR count). The topological polar surface area (TPSA) is 75.0 Å². The van der Waals surface area contributed by atoms with Crippen LogP contribution < -0.4 is 11.1 Å². The van der Waals surface area contributed by atoms with E-state index < -0.39 is 6.09 Å². The molecule has 4 nitrogen and oxygen atoms in total. The number of nitrogens with one attached hydrogen (secondary N) is 1. The van der Waals surface area contributed by atoms with Gasteiger partial charge in [0.1, 0.15) is 0 Å². The Bertz CT molecular complexity index is 286. The van der Waals surface area contributed by atoms with E-state index in [1.54, 1.807) is 18.2 Å². The maximum atomic E-state index is 10.1. The van der Waals surface area contributed by atoms with E-state index in [2.05, 4.69) is 5.32 Å². The second kappa shape index (κ2) is 3.73. The fraction of sp³-hybridized carbons (Fsp3) is 0.125. The van der Waals surface area contributed by atoms with Gasteiger partial charge in [0.25, 0.3) is 0 Å². The standard InChI is InChI=1S/C8H9N2O2/c9-5-6-2-1-3-7(4-6)10-8(11)12/h1-4,10H,5,9H2. The van der Waals surface area contributed by atoms with Gasteiger partial charge in [-0.2, -0.15) is 0 Å². The summed E-state index contributed by atoms with van der Waals surface area (Å²) < 4.78 is 0. The highest BCUT2D eigenvalue weighted by molar-refractivity contribution is 5.82. The lowest BCUT2D eigenvalue weighted by molar-refractivity contribution is 0.185. The van der Waals surface area contributed by atoms with E-state index in [1.807, 2.05) is 6.07 Å². The van der Waals surface area contributed by atoms with Gasteiger partial charge in [0, 0.05) is 12.2 Å². The third-order valence-electron chi connectivity index (χ3n) is 1.41. The Labute approximate surface area is 70.0 Å². The van der Waals surface area contributed by atoms with Crippen LogP contribution in [0.25, 0.3) is 0 Å². The van der Waals surface area contributed by atoms with Gasteiger partial charge < -0.3 is 5.73 Å². The number of hydrogen-bond donors (Lipinski definition) is 2. The van der Waals surface area contributed by atoms with E-state index in [1.165, 1.54) is 0 Å². The molecular formula is C8H9N2O2. The third-order valence-corrected chi connectivity index (χ3v) is 1.41. The quantitative estimate of drug-likeness (QED) is 0.688. The highest BCUT2D eigenvalue weighted by Gasteiger charge is 1.99. The van der Waals surface area contributed by atoms with E-state index in [0.717, 1.165) is 5.56 Å². The van der Waals surface area contributed by atoms with Crippen molar-refractivity contribution in [3.8, 4) is 0 Å². The first kappa shape index (κ1) is 8.55. The molecule has 63 valence electrons. The number of amides is 1. The molecule has 0 atom stereocenters. The van der Waals surface area contributed by atoms with Crippen molar-refractivity contribution in [1.82, 2.24) is 0 Å². The summed E-state index contributed by atoms with van der Waals surface area (Å²) in [7, 11) is 0. The molecule has 0 spiro atoms. The summed E-state index contributed by atoms with van der Waals surface area (Å²) >= 11 is 0. The average Bonchev–Trinajstić information content (AvgIpc) is 2.03. The van der Waals surface area contributed by atoms with Crippen LogP contribution in [0.2, 0.25) is 0 Å². The van der Waals surface area contributed by atoms with Gasteiger partial charge >= 0.3 is 6.09 Å². The molecule has 0 aliphatic heterocycles. The first-order chi connectivity index (χ1) is 5.72. The molecular weight excluding hydrogens is 156 g/mol. The molecule has 0 heterocycles. The van der Waals surface area contributed by atoms with E-state index in [4.69, 9.17) is 5.73 Å². The summed E-state index contributed by atoms with van der Waals surface area (Å²) in [6, 6.07) is 6.85. The monoisotopic (exact) mass is 165 g/mol. The molecule has 0 saturated heterocycles. The predicted molar refractivity (Wildman–Crippen MR) is 44.0 cm³/mol. The Morgan fingerprint density at radius 2 is 2.25 bits per heavy atom. The van der Waals surface area contributed by atoms with Gasteiger partial charge in [0.2, 0.25) is 0 Å². The van der Waals surface area contributed by atoms with Crippen LogP contribution in [0.4, 0.5) is 10.5 Å². The van der Waals surface area contributed by atoms with Crippen LogP contribution in [-0.4, -0.2) is 6.09 Å². The second-order valence-electron chi connectivity index (χ2n) is 2.32. The van der Waals surface area contributed by atoms with E-state index >= 15 is 0 Å². The highest BCUT2D eigenvalue weighted by atomic mass is 16.4. The second-order valence-corrected chi connectivity index (χ2v) is 2.32. The Morgan fingerprint density at radius 1 is 1.50 bits per heavy atom. The Morgan fingerprint density at radius 3 is 2.83 bits per heavy atom. The number of nitrogens with two attached hydrogens (primary N) is 1. The summed E-state index contributed by atoms with van der Waals surface area (Å²) in [5.74, 6) is 0. The van der Waals surface area contributed by atoms with Crippen molar-refractivity contribution in [3.05, 3.63) is 29.8 Å². The molecule has 1 aromatic carbocycles. The van der Waals surface area contributed by atoms with Gasteiger partial charge in [-0.3, -0.25) is 5.32 Å². The lowest BCUT2D eigenvalue weighted by Gasteiger charge is -2.00. The Hall–Kier alpha value is -1.55. The van der Waals surface area contributed by atoms with E-state index in [9.17, 15) is 9.90 Å². The van der Waals surface area contributed by atoms with Crippen molar-refractivity contribution in [3.63, 3.8) is 0 Å². The van der Waals surface area contributed by atoms with Crippen molar-refractivity contribution in [1.29, 1.82) is 0 Å². The molecule has 1 amide bonds. The van der Waals surface area contributed by atoms with Crippen LogP contribution in [0.3, 0.4) is 0 Å². The lowest BCUT2D eigenvalue weighted by Crippen LogP contribution is -2.06. The fourth-order valence-electron chi connectivity index (χ4n) is 0.894. The van der Waals surface area contributed by atoms with Crippen LogP contribution in [0.1, 0.15) is 5.56 Å². The lowest BCUT2D eigenvalue weighted by atomic mass is 10.2. The normalized spacial score (nSPS) is 9.42. The first-order valence-electron chi connectivity index (χ1n) is 3.49. The SMILES string of the molecule is NCc1cccc(NC([O])=O)c1. The van der Waals surface area contributed by atoms with Crippen LogP contribution in [0.15, 0.2) is 24.3 Å². The highest BCUT2D eigenvalue weighted by Crippen LogP contribution is 2.09. The van der Waals surface area contributed by atoms with Gasteiger partial charge in [-0.25, -0.2) is 9.90 Å². The van der Waals surface area contributed by atoms with Gasteiger partial charge in [-0.05, 0) is 17.7 Å². The Balaban J connectivity index is 2.79. The number of carbonyl (C=O) groups is 1. The molecule has 12 heavy (non-hydrogen) atoms. The smallest absolute Gasteiger partial charge is 0.326 e. The minimum Gasteiger partial charge on any atom is -0.326 e. The van der Waals surface area contributed by atoms with Crippen LogP contribution in [-0.2, 0) is 11.7 Å². The largest absolute Gasteiger partial charge is 0.454 e. The zero-order valence-corrected chi connectivity index (χ0v) is 6.41. The summed E-state index contributed by atoms with van der Waals surface area (Å²) in [5, 5.41) is 12.2. The van der Waals surface area contributed by atoms with Crippen LogP contribution >= 0.6 is 0 Å². The van der Waals surface area contributed by atoms with Crippen molar-refractivity contribution in [2.24, 2.45) is 5.73 Å².